The molecule has 0 aliphatic carbocycles. The molecule has 1 unspecified atom stereocenters. The number of hydrogen-bond donors (Lipinski definition) is 1. The zero-order valence-electron chi connectivity index (χ0n) is 15.6. The van der Waals surface area contributed by atoms with Crippen molar-refractivity contribution in [2.45, 2.75) is 32.7 Å². The van der Waals surface area contributed by atoms with Crippen molar-refractivity contribution in [1.82, 2.24) is 19.4 Å². The average Bonchev–Trinajstić information content (AvgIpc) is 3.20. The SMILES string of the molecule is CC(C)N1CC(C(=O)N2CC=C(n3c(=O)[nH]c4ccccc43)CC2)CC1=O. The number of aromatic nitrogens is 2. The Labute approximate surface area is 157 Å². The van der Waals surface area contributed by atoms with Crippen molar-refractivity contribution >= 4 is 28.5 Å². The minimum Gasteiger partial charge on any atom is -0.339 e. The number of likely N-dealkylation sites (tertiary alicyclic amines) is 1. The molecule has 27 heavy (non-hydrogen) atoms. The fraction of sp³-hybridized carbons (Fsp3) is 0.450. The highest BCUT2D eigenvalue weighted by Gasteiger charge is 2.37. The molecule has 1 atom stereocenters. The maximum atomic E-state index is 12.8. The summed E-state index contributed by atoms with van der Waals surface area (Å²) in [6.45, 7) is 5.47. The summed E-state index contributed by atoms with van der Waals surface area (Å²) in [6, 6.07) is 7.71. The molecule has 1 aromatic heterocycles. The third kappa shape index (κ3) is 3.07. The Kier molecular flexibility index (Phi) is 4.37. The molecule has 2 aliphatic heterocycles. The summed E-state index contributed by atoms with van der Waals surface area (Å²) in [4.78, 5) is 43.7. The van der Waals surface area contributed by atoms with Gasteiger partial charge in [-0.3, -0.25) is 14.2 Å². The first kappa shape index (κ1) is 17.6. The van der Waals surface area contributed by atoms with E-state index < -0.39 is 0 Å². The molecule has 7 heteroatoms. The molecule has 2 amide bonds. The quantitative estimate of drug-likeness (QED) is 0.895. The first-order chi connectivity index (χ1) is 13.0. The number of imidazole rings is 1. The number of fused-ring (bicyclic) bond motifs is 1. The van der Waals surface area contributed by atoms with Crippen LogP contribution >= 0.6 is 0 Å². The van der Waals surface area contributed by atoms with Crippen molar-refractivity contribution in [3.05, 3.63) is 40.8 Å². The van der Waals surface area contributed by atoms with Gasteiger partial charge in [-0.2, -0.15) is 0 Å². The van der Waals surface area contributed by atoms with Gasteiger partial charge in [0.05, 0.1) is 17.0 Å². The molecule has 0 saturated carbocycles. The Balaban J connectivity index is 1.50. The molecule has 142 valence electrons. The molecule has 1 N–H and O–H groups in total. The van der Waals surface area contributed by atoms with E-state index in [0.717, 1.165) is 16.7 Å². The second-order valence-electron chi connectivity index (χ2n) is 7.55. The van der Waals surface area contributed by atoms with E-state index in [1.54, 1.807) is 14.4 Å². The molecule has 0 bridgehead atoms. The number of rotatable bonds is 3. The van der Waals surface area contributed by atoms with E-state index in [2.05, 4.69) is 4.98 Å². The van der Waals surface area contributed by atoms with Crippen molar-refractivity contribution in [1.29, 1.82) is 0 Å². The molecule has 3 heterocycles. The van der Waals surface area contributed by atoms with E-state index >= 15 is 0 Å². The van der Waals surface area contributed by atoms with Crippen LogP contribution in [0.5, 0.6) is 0 Å². The van der Waals surface area contributed by atoms with E-state index in [-0.39, 0.29) is 29.5 Å². The zero-order chi connectivity index (χ0) is 19.1. The van der Waals surface area contributed by atoms with Gasteiger partial charge in [-0.05, 0) is 32.1 Å². The third-order valence-electron chi connectivity index (χ3n) is 5.50. The van der Waals surface area contributed by atoms with Crippen molar-refractivity contribution in [3.63, 3.8) is 0 Å². The standard InChI is InChI=1S/C20H24N4O3/c1-13(2)23-12-14(11-18(23)25)19(26)22-9-7-15(8-10-22)24-17-6-4-3-5-16(17)21-20(24)27/h3-7,13-14H,8-12H2,1-2H3,(H,21,27). The van der Waals surface area contributed by atoms with Crippen LogP contribution in [0.3, 0.4) is 0 Å². The minimum atomic E-state index is -0.259. The fourth-order valence-corrected chi connectivity index (χ4v) is 4.06. The van der Waals surface area contributed by atoms with Crippen LogP contribution in [0.25, 0.3) is 16.7 Å². The number of carbonyl (C=O) groups excluding carboxylic acids is 2. The Morgan fingerprint density at radius 2 is 2.00 bits per heavy atom. The van der Waals surface area contributed by atoms with Gasteiger partial charge in [0.2, 0.25) is 11.8 Å². The highest BCUT2D eigenvalue weighted by Crippen LogP contribution is 2.25. The predicted octanol–water partition coefficient (Wildman–Crippen LogP) is 1.66. The van der Waals surface area contributed by atoms with E-state index in [4.69, 9.17) is 0 Å². The van der Waals surface area contributed by atoms with Gasteiger partial charge in [-0.1, -0.05) is 12.1 Å². The molecule has 7 nitrogen and oxygen atoms in total. The number of para-hydroxylation sites is 2. The minimum absolute atomic E-state index is 0.0353. The number of nitrogens with one attached hydrogen (secondary N) is 1. The maximum absolute atomic E-state index is 12.8. The number of amides is 2. The van der Waals surface area contributed by atoms with Gasteiger partial charge in [0.15, 0.2) is 0 Å². The normalized spacial score (nSPS) is 20.6. The van der Waals surface area contributed by atoms with E-state index in [1.807, 2.05) is 44.2 Å². The molecule has 4 rings (SSSR count). The zero-order valence-corrected chi connectivity index (χ0v) is 15.6. The number of H-pyrrole nitrogens is 1. The molecule has 2 aromatic rings. The Hall–Kier alpha value is -2.83. The second-order valence-corrected chi connectivity index (χ2v) is 7.55. The van der Waals surface area contributed by atoms with E-state index in [9.17, 15) is 14.4 Å². The first-order valence-corrected chi connectivity index (χ1v) is 9.43. The third-order valence-corrected chi connectivity index (χ3v) is 5.50. The molecular weight excluding hydrogens is 344 g/mol. The monoisotopic (exact) mass is 368 g/mol. The van der Waals surface area contributed by atoms with Crippen LogP contribution in [-0.4, -0.2) is 56.8 Å². The summed E-state index contributed by atoms with van der Waals surface area (Å²) in [7, 11) is 0. The van der Waals surface area contributed by atoms with Gasteiger partial charge in [0.25, 0.3) is 0 Å². The van der Waals surface area contributed by atoms with Gasteiger partial charge in [0.1, 0.15) is 0 Å². The highest BCUT2D eigenvalue weighted by atomic mass is 16.2. The van der Waals surface area contributed by atoms with Crippen LogP contribution in [0, 0.1) is 5.92 Å². The summed E-state index contributed by atoms with van der Waals surface area (Å²) in [5.41, 5.74) is 2.41. The Bertz CT molecular complexity index is 985. The lowest BCUT2D eigenvalue weighted by atomic mass is 10.1. The van der Waals surface area contributed by atoms with Crippen molar-refractivity contribution in [2.24, 2.45) is 5.92 Å². The van der Waals surface area contributed by atoms with Crippen molar-refractivity contribution in [2.75, 3.05) is 19.6 Å². The van der Waals surface area contributed by atoms with Crippen LogP contribution in [-0.2, 0) is 9.59 Å². The molecule has 0 spiro atoms. The van der Waals surface area contributed by atoms with Crippen LogP contribution in [0.1, 0.15) is 26.7 Å². The predicted molar refractivity (Wildman–Crippen MR) is 103 cm³/mol. The Morgan fingerprint density at radius 1 is 1.22 bits per heavy atom. The molecular formula is C20H24N4O3. The van der Waals surface area contributed by atoms with Gasteiger partial charge in [-0.25, -0.2) is 4.79 Å². The first-order valence-electron chi connectivity index (χ1n) is 9.43. The summed E-state index contributed by atoms with van der Waals surface area (Å²) < 4.78 is 1.69. The molecule has 1 fully saturated rings. The molecule has 1 saturated heterocycles. The lowest BCUT2D eigenvalue weighted by Crippen LogP contribution is -2.41. The van der Waals surface area contributed by atoms with Gasteiger partial charge in [0, 0.05) is 44.2 Å². The van der Waals surface area contributed by atoms with Crippen LogP contribution in [0.2, 0.25) is 0 Å². The summed E-state index contributed by atoms with van der Waals surface area (Å²) in [6.07, 6.45) is 2.86. The average molecular weight is 368 g/mol. The molecule has 2 aliphatic rings. The fourth-order valence-electron chi connectivity index (χ4n) is 4.06. The topological polar surface area (TPSA) is 78.4 Å². The highest BCUT2D eigenvalue weighted by molar-refractivity contribution is 5.90. The van der Waals surface area contributed by atoms with E-state index in [0.29, 0.717) is 32.5 Å². The molecule has 1 aromatic carbocycles. The number of nitrogens with zero attached hydrogens (tertiary/aromatic N) is 3. The number of benzene rings is 1. The Morgan fingerprint density at radius 3 is 2.67 bits per heavy atom. The second kappa shape index (κ2) is 6.72. The lowest BCUT2D eigenvalue weighted by Gasteiger charge is -2.29. The summed E-state index contributed by atoms with van der Waals surface area (Å²) in [5, 5.41) is 0. The summed E-state index contributed by atoms with van der Waals surface area (Å²) >= 11 is 0. The van der Waals surface area contributed by atoms with Crippen LogP contribution < -0.4 is 5.69 Å². The van der Waals surface area contributed by atoms with Crippen molar-refractivity contribution in [3.8, 4) is 0 Å². The smallest absolute Gasteiger partial charge is 0.330 e. The lowest BCUT2D eigenvalue weighted by molar-refractivity contribution is -0.135. The van der Waals surface area contributed by atoms with Gasteiger partial charge < -0.3 is 14.8 Å². The van der Waals surface area contributed by atoms with Crippen LogP contribution in [0.4, 0.5) is 0 Å². The summed E-state index contributed by atoms with van der Waals surface area (Å²) in [5.74, 6) is -0.166. The van der Waals surface area contributed by atoms with Gasteiger partial charge in [-0.15, -0.1) is 0 Å². The number of carbonyl (C=O) groups is 2. The maximum Gasteiger partial charge on any atom is 0.330 e. The van der Waals surface area contributed by atoms with Crippen molar-refractivity contribution < 1.29 is 9.59 Å². The number of hydrogen-bond acceptors (Lipinski definition) is 3. The molecule has 0 radical (unpaired) electrons. The largest absolute Gasteiger partial charge is 0.339 e. The number of aromatic amines is 1. The van der Waals surface area contributed by atoms with Gasteiger partial charge >= 0.3 is 5.69 Å². The van der Waals surface area contributed by atoms with E-state index in [1.165, 1.54) is 0 Å². The van der Waals surface area contributed by atoms with Crippen LogP contribution in [0.15, 0.2) is 35.1 Å².